The molecule has 2 saturated carbocycles. The second kappa shape index (κ2) is 20.9. The highest BCUT2D eigenvalue weighted by Crippen LogP contribution is 2.54. The summed E-state index contributed by atoms with van der Waals surface area (Å²) in [6.07, 6.45) is 6.44. The summed E-state index contributed by atoms with van der Waals surface area (Å²) in [6, 6.07) is 100. The van der Waals surface area contributed by atoms with Gasteiger partial charge >= 0.3 is 0 Å². The van der Waals surface area contributed by atoms with Crippen LogP contribution in [0.5, 0.6) is 0 Å². The number of rotatable bonds is 13. The Morgan fingerprint density at radius 1 is 0.329 bits per heavy atom. The Balaban J connectivity index is 1.04. The molecule has 0 radical (unpaired) electrons. The highest BCUT2D eigenvalue weighted by Gasteiger charge is 2.47. The molecule has 79 heavy (non-hydrogen) atoms. The average molecular weight is 1020 g/mol. The van der Waals surface area contributed by atoms with Gasteiger partial charge in [0.15, 0.2) is 0 Å². The minimum Gasteiger partial charge on any atom is -0.398 e. The van der Waals surface area contributed by atoms with Crippen molar-refractivity contribution in [3.8, 4) is 77.9 Å². The highest BCUT2D eigenvalue weighted by molar-refractivity contribution is 6.03. The van der Waals surface area contributed by atoms with Crippen LogP contribution in [0.4, 0.5) is 39.8 Å². The number of hydrogen-bond donors (Lipinski definition) is 2. The van der Waals surface area contributed by atoms with Crippen LogP contribution < -0.4 is 20.9 Å². The Bertz CT molecular complexity index is 3710. The number of benzene rings is 11. The fraction of sp³-hybridized carbons (Fsp3) is 0.120. The van der Waals surface area contributed by atoms with E-state index in [1.54, 1.807) is 0 Å². The van der Waals surface area contributed by atoms with Crippen LogP contribution in [0.3, 0.4) is 0 Å². The Hall–Kier alpha value is -9.38. The molecule has 0 unspecified atom stereocenters. The Labute approximate surface area is 465 Å². The molecule has 2 aliphatic heterocycles. The summed E-state index contributed by atoms with van der Waals surface area (Å²) < 4.78 is 0. The number of nitrogen functional groups attached to an aromatic ring is 1. The minimum absolute atomic E-state index is 0.515. The molecule has 0 aromatic heterocycles. The Morgan fingerprint density at radius 2 is 0.696 bits per heavy atom. The molecule has 0 atom stereocenters. The summed E-state index contributed by atoms with van der Waals surface area (Å²) in [5.74, 6) is 1.64. The summed E-state index contributed by atoms with van der Waals surface area (Å²) in [5.41, 5.74) is 30.2. The van der Waals surface area contributed by atoms with Crippen LogP contribution >= 0.6 is 0 Å². The fourth-order valence-corrected chi connectivity index (χ4v) is 13.7. The van der Waals surface area contributed by atoms with Crippen LogP contribution in [0.25, 0.3) is 77.9 Å². The number of nitrogens with zero attached hydrogens (tertiary/aromatic N) is 2. The van der Waals surface area contributed by atoms with E-state index in [1.807, 2.05) is 0 Å². The van der Waals surface area contributed by atoms with Gasteiger partial charge in [0.05, 0.1) is 17.1 Å². The van der Waals surface area contributed by atoms with Gasteiger partial charge in [-0.15, -0.1) is 0 Å². The van der Waals surface area contributed by atoms with Crippen LogP contribution in [-0.2, 0) is 0 Å². The topological polar surface area (TPSA) is 44.5 Å². The molecule has 4 aliphatic rings. The number of nitrogens with two attached hydrogens (primary N) is 1. The van der Waals surface area contributed by atoms with Gasteiger partial charge in [-0.1, -0.05) is 218 Å². The molecule has 11 aromatic rings. The van der Waals surface area contributed by atoms with Crippen molar-refractivity contribution in [2.45, 2.75) is 44.2 Å². The Morgan fingerprint density at radius 3 is 1.11 bits per heavy atom. The largest absolute Gasteiger partial charge is 0.398 e. The molecule has 4 fully saturated rings. The zero-order valence-corrected chi connectivity index (χ0v) is 44.3. The van der Waals surface area contributed by atoms with Crippen molar-refractivity contribution in [2.24, 2.45) is 11.8 Å². The average Bonchev–Trinajstić information content (AvgIpc) is 3.52. The van der Waals surface area contributed by atoms with E-state index in [-0.39, 0.29) is 0 Å². The van der Waals surface area contributed by atoms with Gasteiger partial charge in [0.25, 0.3) is 0 Å². The van der Waals surface area contributed by atoms with E-state index >= 15 is 0 Å². The number of piperidine rings is 2. The van der Waals surface area contributed by atoms with E-state index in [1.165, 1.54) is 48.9 Å². The van der Waals surface area contributed by atoms with Crippen molar-refractivity contribution < 1.29 is 0 Å². The van der Waals surface area contributed by atoms with E-state index in [0.717, 1.165) is 113 Å². The van der Waals surface area contributed by atoms with Gasteiger partial charge in [-0.05, 0) is 143 Å². The number of para-hydroxylation sites is 2. The van der Waals surface area contributed by atoms with Crippen LogP contribution in [0.2, 0.25) is 0 Å². The molecule has 11 aromatic carbocycles. The normalized spacial score (nSPS) is 17.1. The zero-order chi connectivity index (χ0) is 52.7. The standard InChI is InChI=1S/C75H62N4/c76-73-69(55-27-12-3-13-28-55)44-59(45-70(73)56-29-14-4-15-30-56)60-46-71(57-31-16-5-17-32-57)75(72(47-60)58-33-18-6-19-34-58)79(62-35-20-7-21-36-62)66-49-61(48-65(50-66)78-63-40-51-39-52(42-63)43-64(78)41-51)77-74-67(53-23-8-1-9-24-53)37-22-38-68(74)54-25-10-2-11-26-54/h1-38,44-52,63-64,77H,39-43,76H2. The predicted octanol–water partition coefficient (Wildman–Crippen LogP) is 19.9. The summed E-state index contributed by atoms with van der Waals surface area (Å²) in [5, 5.41) is 4.20. The first-order valence-corrected chi connectivity index (χ1v) is 28.2. The number of nitrogens with one attached hydrogen (secondary N) is 1. The van der Waals surface area contributed by atoms with Crippen molar-refractivity contribution in [2.75, 3.05) is 20.9 Å². The molecule has 2 saturated heterocycles. The van der Waals surface area contributed by atoms with Crippen LogP contribution in [-0.4, -0.2) is 12.1 Å². The predicted molar refractivity (Wildman–Crippen MR) is 333 cm³/mol. The smallest absolute Gasteiger partial charge is 0.0618 e. The van der Waals surface area contributed by atoms with E-state index < -0.39 is 0 Å². The van der Waals surface area contributed by atoms with Crippen molar-refractivity contribution >= 4 is 39.8 Å². The molecule has 2 aliphatic carbocycles. The summed E-state index contributed by atoms with van der Waals surface area (Å²) >= 11 is 0. The van der Waals surface area contributed by atoms with E-state index in [9.17, 15) is 0 Å². The zero-order valence-electron chi connectivity index (χ0n) is 44.3. The number of hydrogen-bond acceptors (Lipinski definition) is 4. The lowest BCUT2D eigenvalue weighted by molar-refractivity contribution is 0.0900. The first-order chi connectivity index (χ1) is 39.1. The van der Waals surface area contributed by atoms with Crippen molar-refractivity contribution in [1.82, 2.24) is 0 Å². The molecule has 3 N–H and O–H groups in total. The van der Waals surface area contributed by atoms with Gasteiger partial charge < -0.3 is 20.9 Å². The second-order valence-corrected chi connectivity index (χ2v) is 22.0. The van der Waals surface area contributed by atoms with E-state index in [0.29, 0.717) is 12.1 Å². The maximum absolute atomic E-state index is 7.25. The van der Waals surface area contributed by atoms with E-state index in [4.69, 9.17) is 5.73 Å². The molecule has 0 spiro atoms. The maximum Gasteiger partial charge on any atom is 0.0618 e. The monoisotopic (exact) mass is 1020 g/mol. The lowest BCUT2D eigenvalue weighted by atomic mass is 9.63. The lowest BCUT2D eigenvalue weighted by Crippen LogP contribution is -2.58. The molecular formula is C75H62N4. The molecular weight excluding hydrogens is 957 g/mol. The molecule has 4 nitrogen and oxygen atoms in total. The maximum atomic E-state index is 7.25. The third-order valence-corrected chi connectivity index (χ3v) is 17.0. The third-order valence-electron chi connectivity index (χ3n) is 17.0. The van der Waals surface area contributed by atoms with Crippen molar-refractivity contribution in [3.05, 3.63) is 273 Å². The van der Waals surface area contributed by atoms with Gasteiger partial charge in [0, 0.05) is 68.2 Å². The quantitative estimate of drug-likeness (QED) is 0.113. The first kappa shape index (κ1) is 48.0. The highest BCUT2D eigenvalue weighted by atomic mass is 15.2. The molecule has 2 heterocycles. The fourth-order valence-electron chi connectivity index (χ4n) is 13.7. The van der Waals surface area contributed by atoms with Crippen LogP contribution in [0, 0.1) is 11.8 Å². The molecule has 4 bridgehead atoms. The minimum atomic E-state index is 0.515. The first-order valence-electron chi connectivity index (χ1n) is 28.2. The third kappa shape index (κ3) is 9.34. The molecule has 4 heteroatoms. The van der Waals surface area contributed by atoms with E-state index in [2.05, 4.69) is 288 Å². The van der Waals surface area contributed by atoms with Crippen molar-refractivity contribution in [3.63, 3.8) is 0 Å². The summed E-state index contributed by atoms with van der Waals surface area (Å²) in [7, 11) is 0. The summed E-state index contributed by atoms with van der Waals surface area (Å²) in [4.78, 5) is 5.40. The molecule has 382 valence electrons. The van der Waals surface area contributed by atoms with Gasteiger partial charge in [-0.3, -0.25) is 0 Å². The Kier molecular flexibility index (Phi) is 12.7. The van der Waals surface area contributed by atoms with Crippen LogP contribution in [0.15, 0.2) is 273 Å². The van der Waals surface area contributed by atoms with Gasteiger partial charge in [-0.2, -0.15) is 0 Å². The SMILES string of the molecule is Nc1c(-c2ccccc2)cc(-c2cc(-c3ccccc3)c(N(c3ccccc3)c3cc(Nc4c(-c5ccccc5)cccc4-c4ccccc4)cc(N4C5CC6CC(C5)CC4C6)c3)c(-c3ccccc3)c2)cc1-c1ccccc1. The van der Waals surface area contributed by atoms with Crippen molar-refractivity contribution in [1.29, 1.82) is 0 Å². The van der Waals surface area contributed by atoms with Gasteiger partial charge in [-0.25, -0.2) is 0 Å². The lowest BCUT2D eigenvalue weighted by Gasteiger charge is -2.57. The van der Waals surface area contributed by atoms with Gasteiger partial charge in [0.1, 0.15) is 0 Å². The molecule has 0 amide bonds. The summed E-state index contributed by atoms with van der Waals surface area (Å²) in [6.45, 7) is 0. The molecule has 15 rings (SSSR count). The number of anilines is 7. The van der Waals surface area contributed by atoms with Crippen LogP contribution in [0.1, 0.15) is 32.1 Å². The second-order valence-electron chi connectivity index (χ2n) is 22.0. The van der Waals surface area contributed by atoms with Gasteiger partial charge in [0.2, 0.25) is 0 Å².